The Kier molecular flexibility index (Phi) is 2.79. The molecule has 0 radical (unpaired) electrons. The highest BCUT2D eigenvalue weighted by atomic mass is 16.3. The number of aliphatic hydroxyl groups excluding tert-OH is 1. The van der Waals surface area contributed by atoms with Crippen molar-refractivity contribution >= 4 is 5.78 Å². The van der Waals surface area contributed by atoms with Crippen molar-refractivity contribution in [1.29, 1.82) is 0 Å². The third kappa shape index (κ3) is 1.98. The Balaban J connectivity index is 2.42. The van der Waals surface area contributed by atoms with Crippen molar-refractivity contribution in [1.82, 2.24) is 0 Å². The summed E-state index contributed by atoms with van der Waals surface area (Å²) in [6, 6.07) is 0. The Morgan fingerprint density at radius 2 is 2.06 bits per heavy atom. The monoisotopic (exact) mass is 236 g/mol. The summed E-state index contributed by atoms with van der Waals surface area (Å²) in [7, 11) is 0. The van der Waals surface area contributed by atoms with E-state index in [1.165, 1.54) is 6.08 Å². The average Bonchev–Trinajstić information content (AvgIpc) is 2.53. The second kappa shape index (κ2) is 3.79. The van der Waals surface area contributed by atoms with Gasteiger partial charge in [-0.3, -0.25) is 4.79 Å². The molecule has 0 aromatic carbocycles. The van der Waals surface area contributed by atoms with E-state index in [2.05, 4.69) is 13.8 Å². The predicted molar refractivity (Wildman–Crippen MR) is 65.4 cm³/mol. The van der Waals surface area contributed by atoms with Crippen molar-refractivity contribution in [2.45, 2.75) is 39.2 Å². The van der Waals surface area contributed by atoms with Gasteiger partial charge >= 0.3 is 0 Å². The van der Waals surface area contributed by atoms with E-state index in [1.807, 2.05) is 6.08 Å². The lowest BCUT2D eigenvalue weighted by molar-refractivity contribution is -0.113. The minimum Gasteiger partial charge on any atom is -0.396 e. The molecule has 0 fully saturated rings. The summed E-state index contributed by atoms with van der Waals surface area (Å²) in [6.07, 6.45) is 4.63. The van der Waals surface area contributed by atoms with Crippen LogP contribution in [0.3, 0.4) is 0 Å². The second-order valence-electron chi connectivity index (χ2n) is 6.00. The first-order valence-corrected chi connectivity index (χ1v) is 6.09. The Morgan fingerprint density at radius 1 is 1.41 bits per heavy atom. The van der Waals surface area contributed by atoms with Gasteiger partial charge in [-0.25, -0.2) is 0 Å². The van der Waals surface area contributed by atoms with E-state index in [-0.39, 0.29) is 23.7 Å². The molecule has 2 unspecified atom stereocenters. The Hall–Kier alpha value is -0.930. The first kappa shape index (κ1) is 12.5. The number of carbonyl (C=O) groups is 1. The van der Waals surface area contributed by atoms with Gasteiger partial charge in [0.05, 0.1) is 5.60 Å². The molecule has 2 atom stereocenters. The molecule has 2 aliphatic rings. The molecule has 2 rings (SSSR count). The van der Waals surface area contributed by atoms with Crippen LogP contribution in [0.15, 0.2) is 23.3 Å². The number of allylic oxidation sites excluding steroid dienone is 2. The molecule has 0 heterocycles. The van der Waals surface area contributed by atoms with Crippen LogP contribution in [-0.2, 0) is 4.79 Å². The summed E-state index contributed by atoms with van der Waals surface area (Å²) in [5.74, 6) is -0.132. The quantitative estimate of drug-likeness (QED) is 0.765. The van der Waals surface area contributed by atoms with Gasteiger partial charge in [0.1, 0.15) is 0 Å². The minimum absolute atomic E-state index is 0.00412. The highest BCUT2D eigenvalue weighted by Crippen LogP contribution is 2.49. The fraction of sp³-hybridized carbons (Fsp3) is 0.643. The molecule has 0 spiro atoms. The molecule has 0 amide bonds. The van der Waals surface area contributed by atoms with E-state index >= 15 is 0 Å². The molecule has 0 aromatic rings. The summed E-state index contributed by atoms with van der Waals surface area (Å²) in [6.45, 7) is 5.87. The zero-order chi connectivity index (χ0) is 12.8. The molecular weight excluding hydrogens is 216 g/mol. The molecule has 0 aromatic heterocycles. The summed E-state index contributed by atoms with van der Waals surface area (Å²) < 4.78 is 0. The van der Waals surface area contributed by atoms with Crippen LogP contribution in [0.2, 0.25) is 0 Å². The number of aliphatic hydroxyl groups is 2. The highest BCUT2D eigenvalue weighted by Gasteiger charge is 2.48. The maximum Gasteiger partial charge on any atom is 0.181 e. The van der Waals surface area contributed by atoms with Crippen LogP contribution >= 0.6 is 0 Å². The van der Waals surface area contributed by atoms with Gasteiger partial charge in [-0.1, -0.05) is 19.9 Å². The normalized spacial score (nSPS) is 35.4. The van der Waals surface area contributed by atoms with Crippen LogP contribution in [0.25, 0.3) is 0 Å². The van der Waals surface area contributed by atoms with Crippen LogP contribution in [0.5, 0.6) is 0 Å². The average molecular weight is 236 g/mol. The Labute approximate surface area is 102 Å². The lowest BCUT2D eigenvalue weighted by Crippen LogP contribution is -2.42. The van der Waals surface area contributed by atoms with Gasteiger partial charge in [-0.2, -0.15) is 0 Å². The number of hydrogen-bond acceptors (Lipinski definition) is 3. The number of ketones is 1. The smallest absolute Gasteiger partial charge is 0.181 e. The van der Waals surface area contributed by atoms with E-state index in [0.29, 0.717) is 12.0 Å². The zero-order valence-electron chi connectivity index (χ0n) is 10.7. The molecule has 17 heavy (non-hydrogen) atoms. The van der Waals surface area contributed by atoms with Crippen LogP contribution in [0.1, 0.15) is 33.6 Å². The van der Waals surface area contributed by atoms with Crippen LogP contribution in [-0.4, -0.2) is 28.2 Å². The maximum absolute atomic E-state index is 12.0. The Bertz CT molecular complexity index is 413. The van der Waals surface area contributed by atoms with Gasteiger partial charge in [-0.15, -0.1) is 0 Å². The summed E-state index contributed by atoms with van der Waals surface area (Å²) >= 11 is 0. The second-order valence-corrected chi connectivity index (χ2v) is 6.00. The van der Waals surface area contributed by atoms with Crippen molar-refractivity contribution in [2.24, 2.45) is 11.3 Å². The van der Waals surface area contributed by atoms with Gasteiger partial charge in [0.25, 0.3) is 0 Å². The zero-order valence-corrected chi connectivity index (χ0v) is 10.7. The van der Waals surface area contributed by atoms with Crippen molar-refractivity contribution < 1.29 is 15.0 Å². The van der Waals surface area contributed by atoms with Gasteiger partial charge < -0.3 is 10.2 Å². The number of hydrogen-bond donors (Lipinski definition) is 2. The van der Waals surface area contributed by atoms with E-state index in [9.17, 15) is 9.90 Å². The van der Waals surface area contributed by atoms with E-state index in [1.54, 1.807) is 6.92 Å². The van der Waals surface area contributed by atoms with Gasteiger partial charge in [-0.05, 0) is 36.8 Å². The molecule has 2 N–H and O–H groups in total. The third-order valence-corrected chi connectivity index (χ3v) is 3.95. The molecule has 3 nitrogen and oxygen atoms in total. The molecule has 0 bridgehead atoms. The highest BCUT2D eigenvalue weighted by molar-refractivity contribution is 6.07. The van der Waals surface area contributed by atoms with Crippen molar-refractivity contribution in [3.05, 3.63) is 23.3 Å². The molecule has 2 aliphatic carbocycles. The van der Waals surface area contributed by atoms with Gasteiger partial charge in [0.2, 0.25) is 0 Å². The molecule has 0 saturated carbocycles. The Morgan fingerprint density at radius 3 is 2.65 bits per heavy atom. The van der Waals surface area contributed by atoms with E-state index in [4.69, 9.17) is 5.11 Å². The first-order chi connectivity index (χ1) is 7.78. The van der Waals surface area contributed by atoms with Crippen molar-refractivity contribution in [2.75, 3.05) is 6.61 Å². The largest absolute Gasteiger partial charge is 0.396 e. The SMILES string of the molecule is CC1(C)C=C2C(=O)C=C(CCO)C(C)(O)C2C1. The van der Waals surface area contributed by atoms with E-state index < -0.39 is 5.60 Å². The van der Waals surface area contributed by atoms with Gasteiger partial charge in [0.15, 0.2) is 5.78 Å². The summed E-state index contributed by atoms with van der Waals surface area (Å²) in [5.41, 5.74) is 0.352. The number of rotatable bonds is 2. The van der Waals surface area contributed by atoms with Crippen LogP contribution in [0.4, 0.5) is 0 Å². The molecule has 0 saturated heterocycles. The summed E-state index contributed by atoms with van der Waals surface area (Å²) in [5, 5.41) is 19.6. The fourth-order valence-electron chi connectivity index (χ4n) is 3.02. The predicted octanol–water partition coefficient (Wildman–Crippen LogP) is 1.60. The first-order valence-electron chi connectivity index (χ1n) is 6.09. The van der Waals surface area contributed by atoms with Crippen LogP contribution < -0.4 is 0 Å². The number of fused-ring (bicyclic) bond motifs is 1. The van der Waals surface area contributed by atoms with E-state index in [0.717, 1.165) is 12.0 Å². The van der Waals surface area contributed by atoms with Crippen molar-refractivity contribution in [3.8, 4) is 0 Å². The molecule has 94 valence electrons. The lowest BCUT2D eigenvalue weighted by Gasteiger charge is -2.38. The molecule has 0 aliphatic heterocycles. The fourth-order valence-corrected chi connectivity index (χ4v) is 3.02. The minimum atomic E-state index is -1.00. The molecular formula is C14H20O3. The third-order valence-electron chi connectivity index (χ3n) is 3.95. The lowest BCUT2D eigenvalue weighted by atomic mass is 9.71. The topological polar surface area (TPSA) is 57.5 Å². The van der Waals surface area contributed by atoms with Crippen LogP contribution in [0, 0.1) is 11.3 Å². The summed E-state index contributed by atoms with van der Waals surface area (Å²) in [4.78, 5) is 12.0. The van der Waals surface area contributed by atoms with Gasteiger partial charge in [0, 0.05) is 18.1 Å². The standard InChI is InChI=1S/C14H20O3/c1-13(2)7-10-11(8-13)14(3,17)9(4-5-15)6-12(10)16/h6-7,11,15,17H,4-5,8H2,1-3H3. The maximum atomic E-state index is 12.0. The number of carbonyl (C=O) groups excluding carboxylic acids is 1. The van der Waals surface area contributed by atoms with Crippen molar-refractivity contribution in [3.63, 3.8) is 0 Å². The molecule has 3 heteroatoms.